The van der Waals surface area contributed by atoms with Crippen LogP contribution in [0, 0.1) is 5.92 Å². The first kappa shape index (κ1) is 18.3. The second-order valence-corrected chi connectivity index (χ2v) is 6.19. The van der Waals surface area contributed by atoms with Gasteiger partial charge in [-0.15, -0.1) is 0 Å². The van der Waals surface area contributed by atoms with Crippen LogP contribution in [0.4, 0.5) is 0 Å². The van der Waals surface area contributed by atoms with E-state index in [2.05, 4.69) is 58.9 Å². The molecular weight excluding hydrogens is 300 g/mol. The minimum Gasteiger partial charge on any atom is -0.396 e. The number of aromatic nitrogens is 1. The SMILES string of the molecule is CCNC(=NCC(C)CO)NCCc1c[nH]c2c(CC)cccc12. The van der Waals surface area contributed by atoms with E-state index in [0.717, 1.165) is 31.9 Å². The molecule has 1 aromatic carbocycles. The fourth-order valence-corrected chi connectivity index (χ4v) is 2.74. The molecule has 1 unspecified atom stereocenters. The standard InChI is InChI=1S/C19H30N4O/c1-4-15-7-6-8-17-16(12-22-18(15)17)9-10-21-19(20-5-2)23-11-14(3)13-24/h6-8,12,14,22,24H,4-5,9-11,13H2,1-3H3,(H2,20,21,23). The lowest BCUT2D eigenvalue weighted by Gasteiger charge is -2.12. The number of nitrogens with zero attached hydrogens (tertiary/aromatic N) is 1. The van der Waals surface area contributed by atoms with Gasteiger partial charge in [0.25, 0.3) is 0 Å². The highest BCUT2D eigenvalue weighted by molar-refractivity contribution is 5.86. The number of aliphatic hydroxyl groups excluding tert-OH is 1. The fourth-order valence-electron chi connectivity index (χ4n) is 2.74. The third-order valence-electron chi connectivity index (χ3n) is 4.17. The lowest BCUT2D eigenvalue weighted by atomic mass is 10.1. The van der Waals surface area contributed by atoms with Gasteiger partial charge >= 0.3 is 0 Å². The number of hydrogen-bond donors (Lipinski definition) is 4. The van der Waals surface area contributed by atoms with Crippen molar-refractivity contribution in [2.75, 3.05) is 26.2 Å². The predicted octanol–water partition coefficient (Wildman–Crippen LogP) is 2.46. The van der Waals surface area contributed by atoms with Gasteiger partial charge in [0.2, 0.25) is 0 Å². The molecule has 0 aliphatic heterocycles. The summed E-state index contributed by atoms with van der Waals surface area (Å²) in [6.45, 7) is 8.66. The molecule has 0 saturated carbocycles. The molecule has 2 aromatic rings. The van der Waals surface area contributed by atoms with Crippen molar-refractivity contribution in [2.24, 2.45) is 10.9 Å². The highest BCUT2D eigenvalue weighted by atomic mass is 16.3. The first-order chi connectivity index (χ1) is 11.7. The largest absolute Gasteiger partial charge is 0.396 e. The molecule has 132 valence electrons. The van der Waals surface area contributed by atoms with E-state index in [1.807, 2.05) is 6.92 Å². The Morgan fingerprint density at radius 3 is 2.79 bits per heavy atom. The molecule has 0 aliphatic rings. The summed E-state index contributed by atoms with van der Waals surface area (Å²) in [4.78, 5) is 7.94. The van der Waals surface area contributed by atoms with Crippen LogP contribution in [0.1, 0.15) is 31.9 Å². The van der Waals surface area contributed by atoms with Crippen LogP contribution in [0.3, 0.4) is 0 Å². The number of nitrogens with one attached hydrogen (secondary N) is 3. The number of aryl methyl sites for hydroxylation is 1. The van der Waals surface area contributed by atoms with Crippen molar-refractivity contribution in [1.82, 2.24) is 15.6 Å². The zero-order valence-corrected chi connectivity index (χ0v) is 15.0. The first-order valence-corrected chi connectivity index (χ1v) is 8.90. The molecule has 2 rings (SSSR count). The predicted molar refractivity (Wildman–Crippen MR) is 102 cm³/mol. The van der Waals surface area contributed by atoms with Crippen molar-refractivity contribution in [1.29, 1.82) is 0 Å². The number of aliphatic imine (C=N–C) groups is 1. The molecule has 1 atom stereocenters. The number of guanidine groups is 1. The van der Waals surface area contributed by atoms with Crippen molar-refractivity contribution in [2.45, 2.75) is 33.6 Å². The average molecular weight is 330 g/mol. The van der Waals surface area contributed by atoms with Crippen molar-refractivity contribution >= 4 is 16.9 Å². The lowest BCUT2D eigenvalue weighted by molar-refractivity contribution is 0.241. The molecule has 0 amide bonds. The monoisotopic (exact) mass is 330 g/mol. The molecule has 0 aliphatic carbocycles. The number of H-pyrrole nitrogens is 1. The fraction of sp³-hybridized carbons (Fsp3) is 0.526. The van der Waals surface area contributed by atoms with Crippen LogP contribution < -0.4 is 10.6 Å². The third-order valence-corrected chi connectivity index (χ3v) is 4.17. The molecule has 4 N–H and O–H groups in total. The summed E-state index contributed by atoms with van der Waals surface area (Å²) in [5.74, 6) is 0.994. The summed E-state index contributed by atoms with van der Waals surface area (Å²) in [7, 11) is 0. The summed E-state index contributed by atoms with van der Waals surface area (Å²) >= 11 is 0. The Hall–Kier alpha value is -2.01. The molecule has 0 bridgehead atoms. The average Bonchev–Trinajstić information content (AvgIpc) is 3.02. The van der Waals surface area contributed by atoms with Crippen LogP contribution >= 0.6 is 0 Å². The molecule has 0 saturated heterocycles. The molecule has 5 heteroatoms. The Labute approximate surface area is 144 Å². The van der Waals surface area contributed by atoms with E-state index in [1.165, 1.54) is 22.0 Å². The van der Waals surface area contributed by atoms with Crippen LogP contribution in [0.25, 0.3) is 10.9 Å². The topological polar surface area (TPSA) is 72.4 Å². The van der Waals surface area contributed by atoms with Crippen LogP contribution in [0.5, 0.6) is 0 Å². The lowest BCUT2D eigenvalue weighted by Crippen LogP contribution is -2.38. The molecule has 0 spiro atoms. The van der Waals surface area contributed by atoms with Gasteiger partial charge in [-0.2, -0.15) is 0 Å². The Balaban J connectivity index is 1.97. The van der Waals surface area contributed by atoms with Gasteiger partial charge in [0, 0.05) is 43.3 Å². The zero-order valence-electron chi connectivity index (χ0n) is 15.0. The summed E-state index contributed by atoms with van der Waals surface area (Å²) in [5, 5.41) is 17.0. The Kier molecular flexibility index (Phi) is 7.12. The number of fused-ring (bicyclic) bond motifs is 1. The number of hydrogen-bond acceptors (Lipinski definition) is 2. The normalized spacial score (nSPS) is 13.2. The summed E-state index contributed by atoms with van der Waals surface area (Å²) < 4.78 is 0. The Morgan fingerprint density at radius 1 is 1.25 bits per heavy atom. The van der Waals surface area contributed by atoms with E-state index in [4.69, 9.17) is 5.11 Å². The van der Waals surface area contributed by atoms with Crippen LogP contribution in [0.2, 0.25) is 0 Å². The summed E-state index contributed by atoms with van der Waals surface area (Å²) in [6, 6.07) is 6.50. The molecule has 0 fully saturated rings. The first-order valence-electron chi connectivity index (χ1n) is 8.90. The van der Waals surface area contributed by atoms with E-state index >= 15 is 0 Å². The van der Waals surface area contributed by atoms with Gasteiger partial charge in [-0.05, 0) is 36.8 Å². The minimum atomic E-state index is 0.165. The number of benzene rings is 1. The molecular formula is C19H30N4O. The van der Waals surface area contributed by atoms with E-state index in [-0.39, 0.29) is 12.5 Å². The van der Waals surface area contributed by atoms with Crippen molar-refractivity contribution in [3.8, 4) is 0 Å². The maximum absolute atomic E-state index is 9.11. The maximum atomic E-state index is 9.11. The van der Waals surface area contributed by atoms with Crippen molar-refractivity contribution < 1.29 is 5.11 Å². The second-order valence-electron chi connectivity index (χ2n) is 6.19. The number of aromatic amines is 1. The van der Waals surface area contributed by atoms with Gasteiger partial charge in [0.15, 0.2) is 5.96 Å². The van der Waals surface area contributed by atoms with E-state index < -0.39 is 0 Å². The number of aliphatic hydroxyl groups is 1. The smallest absolute Gasteiger partial charge is 0.191 e. The highest BCUT2D eigenvalue weighted by Gasteiger charge is 2.07. The Morgan fingerprint density at radius 2 is 2.08 bits per heavy atom. The van der Waals surface area contributed by atoms with Gasteiger partial charge in [-0.1, -0.05) is 32.0 Å². The summed E-state index contributed by atoms with van der Waals surface area (Å²) in [5.41, 5.74) is 3.94. The number of para-hydroxylation sites is 1. The van der Waals surface area contributed by atoms with Crippen LogP contribution in [0.15, 0.2) is 29.4 Å². The van der Waals surface area contributed by atoms with E-state index in [9.17, 15) is 0 Å². The van der Waals surface area contributed by atoms with Crippen LogP contribution in [-0.4, -0.2) is 42.3 Å². The highest BCUT2D eigenvalue weighted by Crippen LogP contribution is 2.22. The van der Waals surface area contributed by atoms with Gasteiger partial charge in [-0.3, -0.25) is 4.99 Å². The van der Waals surface area contributed by atoms with E-state index in [1.54, 1.807) is 0 Å². The molecule has 1 aromatic heterocycles. The second kappa shape index (κ2) is 9.33. The number of rotatable bonds is 8. The van der Waals surface area contributed by atoms with Crippen molar-refractivity contribution in [3.63, 3.8) is 0 Å². The summed E-state index contributed by atoms with van der Waals surface area (Å²) in [6.07, 6.45) is 4.09. The van der Waals surface area contributed by atoms with Crippen LogP contribution in [-0.2, 0) is 12.8 Å². The van der Waals surface area contributed by atoms with Crippen molar-refractivity contribution in [3.05, 3.63) is 35.5 Å². The molecule has 0 radical (unpaired) electrons. The van der Waals surface area contributed by atoms with Gasteiger partial charge in [0.05, 0.1) is 0 Å². The third kappa shape index (κ3) is 4.74. The maximum Gasteiger partial charge on any atom is 0.191 e. The van der Waals surface area contributed by atoms with Gasteiger partial charge in [0.1, 0.15) is 0 Å². The molecule has 1 heterocycles. The quantitative estimate of drug-likeness (QED) is 0.444. The van der Waals surface area contributed by atoms with Gasteiger partial charge in [-0.25, -0.2) is 0 Å². The molecule has 5 nitrogen and oxygen atoms in total. The minimum absolute atomic E-state index is 0.165. The molecule has 24 heavy (non-hydrogen) atoms. The van der Waals surface area contributed by atoms with Gasteiger partial charge < -0.3 is 20.7 Å². The Bertz CT molecular complexity index is 662. The zero-order chi connectivity index (χ0) is 17.4. The van der Waals surface area contributed by atoms with E-state index in [0.29, 0.717) is 6.54 Å².